The lowest BCUT2D eigenvalue weighted by molar-refractivity contribution is 0.411. The molecule has 1 aromatic carbocycles. The lowest BCUT2D eigenvalue weighted by Gasteiger charge is -2.11. The van der Waals surface area contributed by atoms with Crippen LogP contribution in [0.1, 0.15) is 5.56 Å². The third-order valence-corrected chi connectivity index (χ3v) is 2.54. The van der Waals surface area contributed by atoms with Gasteiger partial charge in [-0.2, -0.15) is 0 Å². The maximum Gasteiger partial charge on any atom is 0.126 e. The summed E-state index contributed by atoms with van der Waals surface area (Å²) in [5.74, 6) is 0.967. The summed E-state index contributed by atoms with van der Waals surface area (Å²) >= 11 is 0. The summed E-state index contributed by atoms with van der Waals surface area (Å²) in [6.07, 6.45) is 2.26. The highest BCUT2D eigenvalue weighted by Gasteiger charge is 2.14. The van der Waals surface area contributed by atoms with Crippen molar-refractivity contribution in [1.29, 1.82) is 0 Å². The molecule has 0 aromatic heterocycles. The predicted octanol–water partition coefficient (Wildman–Crippen LogP) is 2.02. The standard InChI is InChI=1S/C12H15NO/c1-13-8-7-10(9-13)11-5-3-4-6-12(11)14-2/h3-7H,8-9H2,1-2H3. The highest BCUT2D eigenvalue weighted by atomic mass is 16.5. The van der Waals surface area contributed by atoms with Gasteiger partial charge in [-0.05, 0) is 18.7 Å². The third-order valence-electron chi connectivity index (χ3n) is 2.54. The van der Waals surface area contributed by atoms with Crippen LogP contribution in [0.3, 0.4) is 0 Å². The largest absolute Gasteiger partial charge is 0.496 e. The van der Waals surface area contributed by atoms with Gasteiger partial charge in [-0.1, -0.05) is 24.3 Å². The number of benzene rings is 1. The Bertz CT molecular complexity index is 357. The van der Waals surface area contributed by atoms with Crippen molar-refractivity contribution >= 4 is 5.57 Å². The molecule has 0 saturated carbocycles. The highest BCUT2D eigenvalue weighted by molar-refractivity contribution is 5.73. The molecule has 0 amide bonds. The van der Waals surface area contributed by atoms with E-state index >= 15 is 0 Å². The van der Waals surface area contributed by atoms with Gasteiger partial charge in [0.15, 0.2) is 0 Å². The van der Waals surface area contributed by atoms with Gasteiger partial charge in [0, 0.05) is 18.7 Å². The Kier molecular flexibility index (Phi) is 2.55. The Morgan fingerprint density at radius 3 is 2.71 bits per heavy atom. The number of nitrogens with zero attached hydrogens (tertiary/aromatic N) is 1. The average molecular weight is 189 g/mol. The van der Waals surface area contributed by atoms with Crippen LogP contribution in [0.5, 0.6) is 5.75 Å². The third kappa shape index (κ3) is 1.66. The molecule has 2 rings (SSSR count). The molecule has 0 aliphatic carbocycles. The normalized spacial score (nSPS) is 16.9. The van der Waals surface area contributed by atoms with Crippen molar-refractivity contribution in [2.75, 3.05) is 27.2 Å². The summed E-state index contributed by atoms with van der Waals surface area (Å²) in [5, 5.41) is 0. The first-order chi connectivity index (χ1) is 6.81. The average Bonchev–Trinajstić information content (AvgIpc) is 2.65. The van der Waals surface area contributed by atoms with Crippen molar-refractivity contribution in [2.24, 2.45) is 0 Å². The zero-order valence-electron chi connectivity index (χ0n) is 8.66. The Morgan fingerprint density at radius 2 is 2.07 bits per heavy atom. The zero-order valence-corrected chi connectivity index (χ0v) is 8.66. The van der Waals surface area contributed by atoms with Gasteiger partial charge >= 0.3 is 0 Å². The fourth-order valence-electron chi connectivity index (χ4n) is 1.79. The fourth-order valence-corrected chi connectivity index (χ4v) is 1.79. The number of methoxy groups -OCH3 is 1. The van der Waals surface area contributed by atoms with E-state index in [4.69, 9.17) is 4.74 Å². The molecule has 0 fully saturated rings. The summed E-state index contributed by atoms with van der Waals surface area (Å²) in [4.78, 5) is 2.28. The molecule has 0 saturated heterocycles. The van der Waals surface area contributed by atoms with Crippen LogP contribution >= 0.6 is 0 Å². The molecule has 0 bridgehead atoms. The summed E-state index contributed by atoms with van der Waals surface area (Å²) in [5.41, 5.74) is 2.59. The maximum atomic E-state index is 5.33. The van der Waals surface area contributed by atoms with Crippen molar-refractivity contribution in [1.82, 2.24) is 4.90 Å². The molecule has 14 heavy (non-hydrogen) atoms. The van der Waals surface area contributed by atoms with Gasteiger partial charge in [0.25, 0.3) is 0 Å². The van der Waals surface area contributed by atoms with Crippen LogP contribution < -0.4 is 4.74 Å². The van der Waals surface area contributed by atoms with Gasteiger partial charge in [-0.15, -0.1) is 0 Å². The van der Waals surface area contributed by atoms with Crippen molar-refractivity contribution in [3.63, 3.8) is 0 Å². The van der Waals surface area contributed by atoms with E-state index in [1.807, 2.05) is 12.1 Å². The molecular formula is C12H15NO. The SMILES string of the molecule is COc1ccccc1C1=CCN(C)C1. The van der Waals surface area contributed by atoms with Crippen molar-refractivity contribution in [3.8, 4) is 5.75 Å². The van der Waals surface area contributed by atoms with E-state index in [2.05, 4.69) is 30.2 Å². The minimum Gasteiger partial charge on any atom is -0.496 e. The van der Waals surface area contributed by atoms with E-state index in [9.17, 15) is 0 Å². The smallest absolute Gasteiger partial charge is 0.126 e. The minimum absolute atomic E-state index is 0.967. The maximum absolute atomic E-state index is 5.33. The number of hydrogen-bond acceptors (Lipinski definition) is 2. The molecule has 0 radical (unpaired) electrons. The molecule has 0 atom stereocenters. The second kappa shape index (κ2) is 3.84. The molecule has 1 aromatic rings. The van der Waals surface area contributed by atoms with E-state index in [1.165, 1.54) is 11.1 Å². The molecule has 2 heteroatoms. The molecule has 1 aliphatic rings. The minimum atomic E-state index is 0.967. The number of hydrogen-bond donors (Lipinski definition) is 0. The topological polar surface area (TPSA) is 12.5 Å². The summed E-state index contributed by atoms with van der Waals surface area (Å²) in [6, 6.07) is 8.18. The monoisotopic (exact) mass is 189 g/mol. The summed E-state index contributed by atoms with van der Waals surface area (Å²) in [7, 11) is 3.84. The van der Waals surface area contributed by atoms with Crippen LogP contribution in [-0.4, -0.2) is 32.1 Å². The molecule has 0 spiro atoms. The van der Waals surface area contributed by atoms with Crippen molar-refractivity contribution in [2.45, 2.75) is 0 Å². The van der Waals surface area contributed by atoms with Crippen molar-refractivity contribution in [3.05, 3.63) is 35.9 Å². The predicted molar refractivity (Wildman–Crippen MR) is 58.5 cm³/mol. The Balaban J connectivity index is 2.32. The van der Waals surface area contributed by atoms with Gasteiger partial charge < -0.3 is 4.74 Å². The van der Waals surface area contributed by atoms with E-state index in [-0.39, 0.29) is 0 Å². The molecule has 0 unspecified atom stereocenters. The highest BCUT2D eigenvalue weighted by Crippen LogP contribution is 2.28. The van der Waals surface area contributed by atoms with Crippen molar-refractivity contribution < 1.29 is 4.74 Å². The Labute approximate surface area is 84.8 Å². The number of ether oxygens (including phenoxy) is 1. The van der Waals surface area contributed by atoms with Crippen LogP contribution in [0.4, 0.5) is 0 Å². The van der Waals surface area contributed by atoms with E-state index < -0.39 is 0 Å². The molecule has 0 N–H and O–H groups in total. The van der Waals surface area contributed by atoms with E-state index in [1.54, 1.807) is 7.11 Å². The zero-order chi connectivity index (χ0) is 9.97. The summed E-state index contributed by atoms with van der Waals surface area (Å²) < 4.78 is 5.33. The van der Waals surface area contributed by atoms with Crippen LogP contribution in [0.15, 0.2) is 30.3 Å². The quantitative estimate of drug-likeness (QED) is 0.705. The van der Waals surface area contributed by atoms with Gasteiger partial charge in [0.2, 0.25) is 0 Å². The second-order valence-electron chi connectivity index (χ2n) is 3.63. The Hall–Kier alpha value is -1.28. The van der Waals surface area contributed by atoms with Gasteiger partial charge in [0.1, 0.15) is 5.75 Å². The van der Waals surface area contributed by atoms with Crippen LogP contribution in [0.2, 0.25) is 0 Å². The van der Waals surface area contributed by atoms with Crippen LogP contribution in [0.25, 0.3) is 5.57 Å². The summed E-state index contributed by atoms with van der Waals surface area (Å²) in [6.45, 7) is 2.05. The first-order valence-corrected chi connectivity index (χ1v) is 4.82. The van der Waals surface area contributed by atoms with E-state index in [0.29, 0.717) is 0 Å². The molecule has 74 valence electrons. The molecule has 2 nitrogen and oxygen atoms in total. The second-order valence-corrected chi connectivity index (χ2v) is 3.63. The van der Waals surface area contributed by atoms with Crippen LogP contribution in [-0.2, 0) is 0 Å². The first kappa shape index (κ1) is 9.28. The van der Waals surface area contributed by atoms with Crippen LogP contribution in [0, 0.1) is 0 Å². The Morgan fingerprint density at radius 1 is 1.29 bits per heavy atom. The fraction of sp³-hybridized carbons (Fsp3) is 0.333. The molecule has 1 heterocycles. The van der Waals surface area contributed by atoms with Gasteiger partial charge in [0.05, 0.1) is 7.11 Å². The molecule has 1 aliphatic heterocycles. The number of para-hydroxylation sites is 1. The number of rotatable bonds is 2. The first-order valence-electron chi connectivity index (χ1n) is 4.82. The van der Waals surface area contributed by atoms with Gasteiger partial charge in [-0.3, -0.25) is 4.90 Å². The van der Waals surface area contributed by atoms with Gasteiger partial charge in [-0.25, -0.2) is 0 Å². The lowest BCUT2D eigenvalue weighted by atomic mass is 10.1. The number of likely N-dealkylation sites (N-methyl/N-ethyl adjacent to an activating group) is 1. The van der Waals surface area contributed by atoms with E-state index in [0.717, 1.165) is 18.8 Å². The molecular weight excluding hydrogens is 174 g/mol. The lowest BCUT2D eigenvalue weighted by Crippen LogP contribution is -2.13.